The fourth-order valence-corrected chi connectivity index (χ4v) is 3.54. The Morgan fingerprint density at radius 1 is 1.08 bits per heavy atom. The third kappa shape index (κ3) is 3.75. The highest BCUT2D eigenvalue weighted by molar-refractivity contribution is 5.86. The van der Waals surface area contributed by atoms with Gasteiger partial charge in [-0.1, -0.05) is 55.3 Å². The summed E-state index contributed by atoms with van der Waals surface area (Å²) in [6.07, 6.45) is 4.45. The zero-order chi connectivity index (χ0) is 16.9. The molecule has 2 aromatic rings. The van der Waals surface area contributed by atoms with Crippen LogP contribution in [0.25, 0.3) is 10.8 Å². The summed E-state index contributed by atoms with van der Waals surface area (Å²) in [5, 5.41) is 14.6. The lowest BCUT2D eigenvalue weighted by Crippen LogP contribution is -2.36. The van der Waals surface area contributed by atoms with Crippen LogP contribution in [0, 0.1) is 11.8 Å². The normalized spacial score (nSPS) is 16.2. The van der Waals surface area contributed by atoms with Gasteiger partial charge in [0.05, 0.1) is 5.92 Å². The van der Waals surface area contributed by atoms with E-state index in [0.717, 1.165) is 42.0 Å². The summed E-state index contributed by atoms with van der Waals surface area (Å²) in [6.45, 7) is 0.188. The van der Waals surface area contributed by atoms with Crippen LogP contribution >= 0.6 is 0 Å². The summed E-state index contributed by atoms with van der Waals surface area (Å²) >= 11 is 0. The van der Waals surface area contributed by atoms with Crippen molar-refractivity contribution in [2.24, 2.45) is 11.8 Å². The van der Waals surface area contributed by atoms with Crippen molar-refractivity contribution in [1.29, 1.82) is 0 Å². The van der Waals surface area contributed by atoms with Crippen molar-refractivity contribution in [3.63, 3.8) is 0 Å². The number of carbonyl (C=O) groups is 2. The van der Waals surface area contributed by atoms with Gasteiger partial charge in [0.15, 0.2) is 0 Å². The first-order chi connectivity index (χ1) is 11.6. The highest BCUT2D eigenvalue weighted by Gasteiger charge is 2.25. The summed E-state index contributed by atoms with van der Waals surface area (Å²) < 4.78 is 0. The van der Waals surface area contributed by atoms with E-state index in [1.54, 1.807) is 0 Å². The van der Waals surface area contributed by atoms with Gasteiger partial charge < -0.3 is 10.4 Å². The van der Waals surface area contributed by atoms with Crippen LogP contribution in [0.2, 0.25) is 0 Å². The van der Waals surface area contributed by atoms with E-state index in [1.165, 1.54) is 0 Å². The second kappa shape index (κ2) is 7.47. The van der Waals surface area contributed by atoms with Crippen molar-refractivity contribution in [1.82, 2.24) is 5.32 Å². The maximum atomic E-state index is 12.1. The number of carboxylic acid groups (broad SMARTS) is 1. The average molecular weight is 325 g/mol. The molecular weight excluding hydrogens is 302 g/mol. The molecule has 0 bridgehead atoms. The molecule has 1 amide bonds. The zero-order valence-electron chi connectivity index (χ0n) is 13.7. The van der Waals surface area contributed by atoms with Crippen molar-refractivity contribution in [3.8, 4) is 0 Å². The molecule has 1 fully saturated rings. The molecule has 1 aliphatic rings. The lowest BCUT2D eigenvalue weighted by molar-refractivity contribution is -0.141. The summed E-state index contributed by atoms with van der Waals surface area (Å²) in [6, 6.07) is 13.9. The van der Waals surface area contributed by atoms with E-state index in [9.17, 15) is 14.7 Å². The van der Waals surface area contributed by atoms with Crippen molar-refractivity contribution in [2.45, 2.75) is 32.1 Å². The molecule has 0 aromatic heterocycles. The van der Waals surface area contributed by atoms with Crippen molar-refractivity contribution < 1.29 is 14.7 Å². The number of carbonyl (C=O) groups excluding carboxylic acids is 1. The van der Waals surface area contributed by atoms with Gasteiger partial charge in [0, 0.05) is 12.5 Å². The molecule has 1 unspecified atom stereocenters. The van der Waals surface area contributed by atoms with E-state index in [2.05, 4.69) is 5.32 Å². The summed E-state index contributed by atoms with van der Waals surface area (Å²) in [4.78, 5) is 23.8. The van der Waals surface area contributed by atoms with Crippen LogP contribution in [0.15, 0.2) is 42.5 Å². The molecule has 0 aliphatic heterocycles. The molecule has 2 aromatic carbocycles. The van der Waals surface area contributed by atoms with Crippen LogP contribution < -0.4 is 5.32 Å². The smallest absolute Gasteiger partial charge is 0.308 e. The van der Waals surface area contributed by atoms with Gasteiger partial charge in [0.1, 0.15) is 0 Å². The number of amides is 1. The first-order valence-electron chi connectivity index (χ1n) is 8.62. The summed E-state index contributed by atoms with van der Waals surface area (Å²) in [5.74, 6) is -1.40. The molecule has 4 heteroatoms. The SMILES string of the molecule is O=C(O)C(CNC(=O)C1CCCC1)Cc1cccc2ccccc12. The minimum Gasteiger partial charge on any atom is -0.481 e. The molecule has 1 aliphatic carbocycles. The fraction of sp³-hybridized carbons (Fsp3) is 0.400. The number of hydrogen-bond acceptors (Lipinski definition) is 2. The Morgan fingerprint density at radius 3 is 2.54 bits per heavy atom. The van der Waals surface area contributed by atoms with E-state index in [0.29, 0.717) is 6.42 Å². The van der Waals surface area contributed by atoms with Crippen LogP contribution in [0.1, 0.15) is 31.2 Å². The highest BCUT2D eigenvalue weighted by atomic mass is 16.4. The molecule has 3 rings (SSSR count). The van der Waals surface area contributed by atoms with Crippen molar-refractivity contribution in [2.75, 3.05) is 6.54 Å². The van der Waals surface area contributed by atoms with Gasteiger partial charge in [-0.3, -0.25) is 9.59 Å². The van der Waals surface area contributed by atoms with E-state index in [1.807, 2.05) is 42.5 Å². The predicted octanol–water partition coefficient (Wildman–Crippen LogP) is 3.39. The van der Waals surface area contributed by atoms with Gasteiger partial charge in [-0.15, -0.1) is 0 Å². The van der Waals surface area contributed by atoms with Crippen LogP contribution in [0.4, 0.5) is 0 Å². The molecule has 1 saturated carbocycles. The van der Waals surface area contributed by atoms with E-state index in [-0.39, 0.29) is 18.4 Å². The Kier molecular flexibility index (Phi) is 5.14. The van der Waals surface area contributed by atoms with Crippen molar-refractivity contribution >= 4 is 22.6 Å². The maximum absolute atomic E-state index is 12.1. The zero-order valence-corrected chi connectivity index (χ0v) is 13.7. The molecule has 24 heavy (non-hydrogen) atoms. The average Bonchev–Trinajstić information content (AvgIpc) is 3.13. The quantitative estimate of drug-likeness (QED) is 0.855. The first-order valence-corrected chi connectivity index (χ1v) is 8.62. The Labute approximate surface area is 141 Å². The van der Waals surface area contributed by atoms with Crippen molar-refractivity contribution in [3.05, 3.63) is 48.0 Å². The van der Waals surface area contributed by atoms with E-state index in [4.69, 9.17) is 0 Å². The number of aliphatic carboxylic acids is 1. The van der Waals surface area contributed by atoms with Gasteiger partial charge in [-0.05, 0) is 35.6 Å². The summed E-state index contributed by atoms with van der Waals surface area (Å²) in [7, 11) is 0. The van der Waals surface area contributed by atoms with E-state index < -0.39 is 11.9 Å². The number of hydrogen-bond donors (Lipinski definition) is 2. The summed E-state index contributed by atoms with van der Waals surface area (Å²) in [5.41, 5.74) is 1.01. The third-order valence-corrected chi connectivity index (χ3v) is 4.94. The van der Waals surface area contributed by atoms with Gasteiger partial charge in [-0.2, -0.15) is 0 Å². The Bertz CT molecular complexity index is 729. The van der Waals surface area contributed by atoms with E-state index >= 15 is 0 Å². The Hall–Kier alpha value is -2.36. The first kappa shape index (κ1) is 16.5. The molecule has 4 nitrogen and oxygen atoms in total. The number of carboxylic acids is 1. The standard InChI is InChI=1S/C20H23NO3/c22-19(15-7-1-2-8-15)21-13-17(20(23)24)12-16-10-5-9-14-6-3-4-11-18(14)16/h3-6,9-11,15,17H,1-2,7-8,12-13H2,(H,21,22)(H,23,24). The lowest BCUT2D eigenvalue weighted by Gasteiger charge is -2.16. The second-order valence-corrected chi connectivity index (χ2v) is 6.60. The molecule has 0 spiro atoms. The third-order valence-electron chi connectivity index (χ3n) is 4.94. The second-order valence-electron chi connectivity index (χ2n) is 6.60. The molecule has 126 valence electrons. The van der Waals surface area contributed by atoms with Crippen LogP contribution in [-0.4, -0.2) is 23.5 Å². The van der Waals surface area contributed by atoms with Crippen LogP contribution in [0.3, 0.4) is 0 Å². The van der Waals surface area contributed by atoms with Gasteiger partial charge in [0.2, 0.25) is 5.91 Å². The number of benzene rings is 2. The molecule has 0 saturated heterocycles. The van der Waals surface area contributed by atoms with Crippen LogP contribution in [0.5, 0.6) is 0 Å². The minimum atomic E-state index is -0.866. The lowest BCUT2D eigenvalue weighted by atomic mass is 9.94. The number of nitrogens with one attached hydrogen (secondary N) is 1. The van der Waals surface area contributed by atoms with Gasteiger partial charge >= 0.3 is 5.97 Å². The van der Waals surface area contributed by atoms with Gasteiger partial charge in [0.25, 0.3) is 0 Å². The predicted molar refractivity (Wildman–Crippen MR) is 93.7 cm³/mol. The molecule has 0 heterocycles. The Morgan fingerprint density at radius 2 is 1.79 bits per heavy atom. The largest absolute Gasteiger partial charge is 0.481 e. The van der Waals surface area contributed by atoms with Gasteiger partial charge in [-0.25, -0.2) is 0 Å². The maximum Gasteiger partial charge on any atom is 0.308 e. The molecule has 1 atom stereocenters. The highest BCUT2D eigenvalue weighted by Crippen LogP contribution is 2.25. The fourth-order valence-electron chi connectivity index (χ4n) is 3.54. The Balaban J connectivity index is 1.69. The molecular formula is C20H23NO3. The van der Waals surface area contributed by atoms with Crippen LogP contribution in [-0.2, 0) is 16.0 Å². The minimum absolute atomic E-state index is 0.0108. The molecule has 2 N–H and O–H groups in total. The topological polar surface area (TPSA) is 66.4 Å². The monoisotopic (exact) mass is 325 g/mol. The number of rotatable bonds is 6. The molecule has 0 radical (unpaired) electrons. The number of fused-ring (bicyclic) bond motifs is 1.